The van der Waals surface area contributed by atoms with Crippen LogP contribution in [0, 0.1) is 6.92 Å². The third kappa shape index (κ3) is 3.00. The minimum atomic E-state index is -0.317. The Hall–Kier alpha value is -0.880. The van der Waals surface area contributed by atoms with Crippen LogP contribution in [0.1, 0.15) is 29.9 Å². The molecule has 0 spiro atoms. The number of amides is 1. The standard InChI is InChI=1S/C13H20BrN3O2/c1-9-11(6-15-16(9)4)12(18)17-7-10(5-14)19-13(2,3)8-17/h6,10H,5,7-8H2,1-4H3. The first-order chi connectivity index (χ1) is 8.84. The van der Waals surface area contributed by atoms with Crippen LogP contribution in [0.3, 0.4) is 0 Å². The van der Waals surface area contributed by atoms with Gasteiger partial charge in [0, 0.05) is 31.2 Å². The largest absolute Gasteiger partial charge is 0.368 e. The first kappa shape index (κ1) is 14.5. The summed E-state index contributed by atoms with van der Waals surface area (Å²) in [5.41, 5.74) is 1.25. The zero-order valence-electron chi connectivity index (χ0n) is 11.8. The number of halogens is 1. The van der Waals surface area contributed by atoms with Crippen LogP contribution in [0.5, 0.6) is 0 Å². The molecular formula is C13H20BrN3O2. The Labute approximate surface area is 122 Å². The molecule has 2 rings (SSSR count). The van der Waals surface area contributed by atoms with Gasteiger partial charge in [0.15, 0.2) is 0 Å². The van der Waals surface area contributed by atoms with Gasteiger partial charge >= 0.3 is 0 Å². The van der Waals surface area contributed by atoms with Gasteiger partial charge in [-0.25, -0.2) is 0 Å². The van der Waals surface area contributed by atoms with Crippen molar-refractivity contribution in [2.45, 2.75) is 32.5 Å². The first-order valence-electron chi connectivity index (χ1n) is 6.36. The summed E-state index contributed by atoms with van der Waals surface area (Å²) in [7, 11) is 1.84. The number of carbonyl (C=O) groups excluding carboxylic acids is 1. The van der Waals surface area contributed by atoms with Crippen LogP contribution in [0.2, 0.25) is 0 Å². The van der Waals surface area contributed by atoms with Crippen LogP contribution in [0.15, 0.2) is 6.20 Å². The van der Waals surface area contributed by atoms with Gasteiger partial charge in [0.05, 0.1) is 23.5 Å². The fraction of sp³-hybridized carbons (Fsp3) is 0.692. The number of alkyl halides is 1. The Morgan fingerprint density at radius 2 is 2.32 bits per heavy atom. The molecule has 1 fully saturated rings. The molecule has 0 N–H and O–H groups in total. The average Bonchev–Trinajstić information content (AvgIpc) is 2.67. The monoisotopic (exact) mass is 329 g/mol. The second kappa shape index (κ2) is 5.25. The van der Waals surface area contributed by atoms with Gasteiger partial charge in [-0.3, -0.25) is 9.48 Å². The molecule has 6 heteroatoms. The van der Waals surface area contributed by atoms with Crippen molar-refractivity contribution in [3.05, 3.63) is 17.5 Å². The minimum Gasteiger partial charge on any atom is -0.368 e. The topological polar surface area (TPSA) is 47.4 Å². The zero-order valence-corrected chi connectivity index (χ0v) is 13.4. The fourth-order valence-electron chi connectivity index (χ4n) is 2.41. The van der Waals surface area contributed by atoms with Crippen LogP contribution in [0.25, 0.3) is 0 Å². The van der Waals surface area contributed by atoms with Crippen molar-refractivity contribution in [3.8, 4) is 0 Å². The number of rotatable bonds is 2. The molecule has 1 unspecified atom stereocenters. The van der Waals surface area contributed by atoms with Gasteiger partial charge in [-0.2, -0.15) is 5.10 Å². The van der Waals surface area contributed by atoms with E-state index in [4.69, 9.17) is 4.74 Å². The number of hydrogen-bond acceptors (Lipinski definition) is 3. The molecule has 1 aromatic rings. The van der Waals surface area contributed by atoms with Crippen molar-refractivity contribution in [1.29, 1.82) is 0 Å². The highest BCUT2D eigenvalue weighted by molar-refractivity contribution is 9.09. The molecule has 0 aromatic carbocycles. The van der Waals surface area contributed by atoms with Crippen molar-refractivity contribution in [1.82, 2.24) is 14.7 Å². The van der Waals surface area contributed by atoms with E-state index in [1.165, 1.54) is 0 Å². The third-order valence-electron chi connectivity index (χ3n) is 3.41. The number of morpholine rings is 1. The summed E-state index contributed by atoms with van der Waals surface area (Å²) in [6, 6.07) is 0. The van der Waals surface area contributed by atoms with Crippen LogP contribution in [-0.2, 0) is 11.8 Å². The van der Waals surface area contributed by atoms with E-state index in [-0.39, 0.29) is 17.6 Å². The molecule has 1 aliphatic rings. The van der Waals surface area contributed by atoms with Gasteiger partial charge in [0.2, 0.25) is 0 Å². The van der Waals surface area contributed by atoms with E-state index in [1.807, 2.05) is 32.7 Å². The molecule has 5 nitrogen and oxygen atoms in total. The lowest BCUT2D eigenvalue weighted by atomic mass is 10.0. The predicted octanol–water partition coefficient (Wildman–Crippen LogP) is 1.74. The van der Waals surface area contributed by atoms with E-state index in [9.17, 15) is 4.79 Å². The molecule has 1 amide bonds. The van der Waals surface area contributed by atoms with Crippen LogP contribution < -0.4 is 0 Å². The Morgan fingerprint density at radius 1 is 1.63 bits per heavy atom. The van der Waals surface area contributed by atoms with E-state index in [0.29, 0.717) is 18.7 Å². The molecule has 1 atom stereocenters. The lowest BCUT2D eigenvalue weighted by molar-refractivity contribution is -0.116. The first-order valence-corrected chi connectivity index (χ1v) is 7.48. The third-order valence-corrected chi connectivity index (χ3v) is 4.13. The van der Waals surface area contributed by atoms with Crippen molar-refractivity contribution >= 4 is 21.8 Å². The second-order valence-corrected chi connectivity index (χ2v) is 6.25. The van der Waals surface area contributed by atoms with Crippen LogP contribution >= 0.6 is 15.9 Å². The summed E-state index contributed by atoms with van der Waals surface area (Å²) < 4.78 is 7.64. The molecule has 0 aliphatic carbocycles. The zero-order chi connectivity index (χ0) is 14.2. The van der Waals surface area contributed by atoms with Gasteiger partial charge in [-0.15, -0.1) is 0 Å². The summed E-state index contributed by atoms with van der Waals surface area (Å²) in [4.78, 5) is 14.4. The van der Waals surface area contributed by atoms with Gasteiger partial charge in [0.25, 0.3) is 5.91 Å². The Morgan fingerprint density at radius 3 is 2.84 bits per heavy atom. The highest BCUT2D eigenvalue weighted by Gasteiger charge is 2.36. The van der Waals surface area contributed by atoms with E-state index in [1.54, 1.807) is 10.9 Å². The van der Waals surface area contributed by atoms with Crippen LogP contribution in [0.4, 0.5) is 0 Å². The van der Waals surface area contributed by atoms with Gasteiger partial charge in [0.1, 0.15) is 0 Å². The van der Waals surface area contributed by atoms with Gasteiger partial charge < -0.3 is 9.64 Å². The summed E-state index contributed by atoms with van der Waals surface area (Å²) in [5.74, 6) is 0.0351. The molecule has 0 saturated carbocycles. The molecule has 1 aliphatic heterocycles. The quantitative estimate of drug-likeness (QED) is 0.776. The van der Waals surface area contributed by atoms with Gasteiger partial charge in [-0.1, -0.05) is 15.9 Å². The highest BCUT2D eigenvalue weighted by Crippen LogP contribution is 2.24. The van der Waals surface area contributed by atoms with Crippen molar-refractivity contribution in [3.63, 3.8) is 0 Å². The summed E-state index contributed by atoms with van der Waals surface area (Å²) in [6.45, 7) is 7.15. The minimum absolute atomic E-state index is 0.0321. The van der Waals surface area contributed by atoms with Crippen molar-refractivity contribution in [2.24, 2.45) is 7.05 Å². The molecule has 0 bridgehead atoms. The van der Waals surface area contributed by atoms with Crippen molar-refractivity contribution in [2.75, 3.05) is 18.4 Å². The molecule has 1 saturated heterocycles. The molecule has 19 heavy (non-hydrogen) atoms. The number of ether oxygens (including phenoxy) is 1. The second-order valence-electron chi connectivity index (χ2n) is 5.61. The predicted molar refractivity (Wildman–Crippen MR) is 76.6 cm³/mol. The maximum absolute atomic E-state index is 12.6. The highest BCUT2D eigenvalue weighted by atomic mass is 79.9. The van der Waals surface area contributed by atoms with E-state index < -0.39 is 0 Å². The average molecular weight is 330 g/mol. The molecule has 2 heterocycles. The van der Waals surface area contributed by atoms with E-state index >= 15 is 0 Å². The number of aromatic nitrogens is 2. The SMILES string of the molecule is Cc1c(C(=O)N2CC(CBr)OC(C)(C)C2)cnn1C. The molecule has 0 radical (unpaired) electrons. The number of nitrogens with zero attached hydrogens (tertiary/aromatic N) is 3. The normalized spacial score (nSPS) is 22.6. The fourth-order valence-corrected chi connectivity index (χ4v) is 2.75. The lowest BCUT2D eigenvalue weighted by Crippen LogP contribution is -2.55. The molecule has 106 valence electrons. The van der Waals surface area contributed by atoms with Crippen molar-refractivity contribution < 1.29 is 9.53 Å². The van der Waals surface area contributed by atoms with E-state index in [2.05, 4.69) is 21.0 Å². The summed E-state index contributed by atoms with van der Waals surface area (Å²) >= 11 is 3.43. The number of hydrogen-bond donors (Lipinski definition) is 0. The summed E-state index contributed by atoms with van der Waals surface area (Å²) in [5, 5.41) is 4.86. The molecular weight excluding hydrogens is 310 g/mol. The van der Waals surface area contributed by atoms with E-state index in [0.717, 1.165) is 11.0 Å². The molecule has 1 aromatic heterocycles. The Bertz CT molecular complexity index is 484. The maximum Gasteiger partial charge on any atom is 0.257 e. The smallest absolute Gasteiger partial charge is 0.257 e. The Kier molecular flexibility index (Phi) is 4.01. The van der Waals surface area contributed by atoms with Gasteiger partial charge in [-0.05, 0) is 20.8 Å². The Balaban J connectivity index is 2.21. The maximum atomic E-state index is 12.6. The number of aryl methyl sites for hydroxylation is 1. The summed E-state index contributed by atoms with van der Waals surface area (Å²) in [6.07, 6.45) is 1.67. The lowest BCUT2D eigenvalue weighted by Gasteiger charge is -2.42. The number of carbonyl (C=O) groups is 1. The van der Waals surface area contributed by atoms with Crippen LogP contribution in [-0.4, -0.2) is 50.7 Å².